The molecule has 0 fully saturated rings. The van der Waals surface area contributed by atoms with Gasteiger partial charge in [-0.15, -0.1) is 0 Å². The number of benzene rings is 2. The van der Waals surface area contributed by atoms with E-state index in [4.69, 9.17) is 0 Å². The summed E-state index contributed by atoms with van der Waals surface area (Å²) < 4.78 is 2.90. The molecule has 0 unspecified atom stereocenters. The first-order chi connectivity index (χ1) is 11.5. The molecule has 0 radical (unpaired) electrons. The number of phenols is 1. The number of aromatic hydroxyl groups is 1. The molecule has 1 heterocycles. The van der Waals surface area contributed by atoms with E-state index in [2.05, 4.69) is 33.1 Å². The number of nitrogens with one attached hydrogen (secondary N) is 1. The Labute approximate surface area is 153 Å². The molecule has 0 spiro atoms. The molecular weight excluding hydrogens is 417 g/mol. The summed E-state index contributed by atoms with van der Waals surface area (Å²) in [7, 11) is 1.96. The average Bonchev–Trinajstić information content (AvgIpc) is 2.92. The summed E-state index contributed by atoms with van der Waals surface area (Å²) in [6.45, 7) is 1.84. The summed E-state index contributed by atoms with van der Waals surface area (Å²) >= 11 is 2.09. The van der Waals surface area contributed by atoms with Crippen LogP contribution in [-0.4, -0.2) is 21.3 Å². The standard InChI is InChI=1S/C18H16IN3O2/c1-11(16-9-12-5-3-4-6-15(12)22(16)2)20-21-18(24)14-10-13(19)7-8-17(14)23/h3-10,23H,1-2H3,(H,21,24). The molecule has 0 aliphatic rings. The molecule has 0 aliphatic heterocycles. The molecule has 0 saturated carbocycles. The van der Waals surface area contributed by atoms with Crippen LogP contribution in [0.1, 0.15) is 23.0 Å². The Morgan fingerprint density at radius 3 is 2.71 bits per heavy atom. The number of carbonyl (C=O) groups excluding carboxylic acids is 1. The maximum Gasteiger partial charge on any atom is 0.275 e. The number of halogens is 1. The van der Waals surface area contributed by atoms with Crippen molar-refractivity contribution in [3.63, 3.8) is 0 Å². The van der Waals surface area contributed by atoms with Crippen molar-refractivity contribution in [3.05, 3.63) is 63.4 Å². The normalized spacial score (nSPS) is 11.7. The summed E-state index contributed by atoms with van der Waals surface area (Å²) in [4.78, 5) is 12.2. The van der Waals surface area contributed by atoms with Crippen LogP contribution in [0.15, 0.2) is 53.6 Å². The highest BCUT2D eigenvalue weighted by molar-refractivity contribution is 14.1. The Morgan fingerprint density at radius 2 is 1.96 bits per heavy atom. The second-order valence-electron chi connectivity index (χ2n) is 5.45. The molecule has 0 saturated heterocycles. The van der Waals surface area contributed by atoms with Crippen molar-refractivity contribution in [3.8, 4) is 5.75 Å². The Hall–Kier alpha value is -2.35. The van der Waals surface area contributed by atoms with Gasteiger partial charge in [0.1, 0.15) is 5.75 Å². The van der Waals surface area contributed by atoms with E-state index in [1.165, 1.54) is 6.07 Å². The van der Waals surface area contributed by atoms with E-state index in [0.29, 0.717) is 5.71 Å². The number of nitrogens with zero attached hydrogens (tertiary/aromatic N) is 2. The largest absolute Gasteiger partial charge is 0.507 e. The van der Waals surface area contributed by atoms with Gasteiger partial charge in [0.25, 0.3) is 5.91 Å². The topological polar surface area (TPSA) is 66.6 Å². The SMILES string of the molecule is CC(=NNC(=O)c1cc(I)ccc1O)c1cc2ccccc2n1C. The first kappa shape index (κ1) is 16.5. The van der Waals surface area contributed by atoms with E-state index in [1.807, 2.05) is 48.9 Å². The molecule has 2 aromatic carbocycles. The Bertz CT molecular complexity index is 960. The van der Waals surface area contributed by atoms with Gasteiger partial charge >= 0.3 is 0 Å². The maximum absolute atomic E-state index is 12.2. The highest BCUT2D eigenvalue weighted by atomic mass is 127. The molecule has 5 nitrogen and oxygen atoms in total. The zero-order chi connectivity index (χ0) is 17.3. The van der Waals surface area contributed by atoms with Crippen molar-refractivity contribution >= 4 is 45.1 Å². The smallest absolute Gasteiger partial charge is 0.275 e. The highest BCUT2D eigenvalue weighted by Crippen LogP contribution is 2.20. The van der Waals surface area contributed by atoms with Crippen molar-refractivity contribution in [2.75, 3.05) is 0 Å². The molecule has 1 aromatic heterocycles. The van der Waals surface area contributed by atoms with Crippen molar-refractivity contribution in [1.82, 2.24) is 9.99 Å². The van der Waals surface area contributed by atoms with E-state index in [0.717, 1.165) is 20.2 Å². The zero-order valence-electron chi connectivity index (χ0n) is 13.2. The highest BCUT2D eigenvalue weighted by Gasteiger charge is 2.12. The number of carbonyl (C=O) groups is 1. The maximum atomic E-state index is 12.2. The first-order valence-corrected chi connectivity index (χ1v) is 8.43. The average molecular weight is 433 g/mol. The lowest BCUT2D eigenvalue weighted by molar-refractivity contribution is 0.0952. The van der Waals surface area contributed by atoms with E-state index >= 15 is 0 Å². The van der Waals surface area contributed by atoms with Gasteiger partial charge in [-0.1, -0.05) is 18.2 Å². The number of hydrogen-bond donors (Lipinski definition) is 2. The van der Waals surface area contributed by atoms with Crippen LogP contribution in [0.25, 0.3) is 10.9 Å². The summed E-state index contributed by atoms with van der Waals surface area (Å²) in [6, 6.07) is 14.9. The second-order valence-corrected chi connectivity index (χ2v) is 6.69. The zero-order valence-corrected chi connectivity index (χ0v) is 15.4. The molecule has 2 N–H and O–H groups in total. The van der Waals surface area contributed by atoms with E-state index in [-0.39, 0.29) is 11.3 Å². The van der Waals surface area contributed by atoms with E-state index < -0.39 is 5.91 Å². The van der Waals surface area contributed by atoms with Crippen LogP contribution in [-0.2, 0) is 7.05 Å². The van der Waals surface area contributed by atoms with Gasteiger partial charge in [0.2, 0.25) is 0 Å². The molecule has 122 valence electrons. The fourth-order valence-corrected chi connectivity index (χ4v) is 3.07. The summed E-state index contributed by atoms with van der Waals surface area (Å²) in [5.74, 6) is -0.505. The minimum Gasteiger partial charge on any atom is -0.507 e. The van der Waals surface area contributed by atoms with Crippen LogP contribution in [0.2, 0.25) is 0 Å². The van der Waals surface area contributed by atoms with Crippen LogP contribution >= 0.6 is 22.6 Å². The number of aryl methyl sites for hydroxylation is 1. The molecule has 3 rings (SSSR count). The minimum absolute atomic E-state index is 0.0645. The second kappa shape index (κ2) is 6.64. The Kier molecular flexibility index (Phi) is 4.57. The third kappa shape index (κ3) is 3.14. The number of aromatic nitrogens is 1. The number of hydrazone groups is 1. The molecular formula is C18H16IN3O2. The molecule has 0 bridgehead atoms. The quantitative estimate of drug-likeness (QED) is 0.376. The van der Waals surface area contributed by atoms with Crippen LogP contribution in [0.4, 0.5) is 0 Å². The van der Waals surface area contributed by atoms with Crippen molar-refractivity contribution in [2.24, 2.45) is 12.1 Å². The van der Waals surface area contributed by atoms with Crippen LogP contribution < -0.4 is 5.43 Å². The van der Waals surface area contributed by atoms with Gasteiger partial charge in [0.05, 0.1) is 17.0 Å². The predicted molar refractivity (Wildman–Crippen MR) is 103 cm³/mol. The number of para-hydroxylation sites is 1. The first-order valence-electron chi connectivity index (χ1n) is 7.35. The number of rotatable bonds is 3. The van der Waals surface area contributed by atoms with Gasteiger partial charge in [0, 0.05) is 21.5 Å². The summed E-state index contributed by atoms with van der Waals surface area (Å²) in [5.41, 5.74) is 5.42. The molecule has 1 amide bonds. The molecule has 6 heteroatoms. The third-order valence-corrected chi connectivity index (χ3v) is 4.52. The molecule has 24 heavy (non-hydrogen) atoms. The number of fused-ring (bicyclic) bond motifs is 1. The lowest BCUT2D eigenvalue weighted by Crippen LogP contribution is -2.20. The third-order valence-electron chi connectivity index (χ3n) is 3.85. The number of phenolic OH excluding ortho intramolecular Hbond substituents is 1. The fourth-order valence-electron chi connectivity index (χ4n) is 2.58. The molecule has 0 atom stereocenters. The van der Waals surface area contributed by atoms with Gasteiger partial charge in [0.15, 0.2) is 0 Å². The number of hydrogen-bond acceptors (Lipinski definition) is 3. The van der Waals surface area contributed by atoms with Gasteiger partial charge < -0.3 is 9.67 Å². The van der Waals surface area contributed by atoms with Crippen LogP contribution in [0, 0.1) is 3.57 Å². The van der Waals surface area contributed by atoms with Gasteiger partial charge in [-0.2, -0.15) is 5.10 Å². The monoisotopic (exact) mass is 433 g/mol. The van der Waals surface area contributed by atoms with Crippen LogP contribution in [0.5, 0.6) is 5.75 Å². The van der Waals surface area contributed by atoms with E-state index in [9.17, 15) is 9.90 Å². The fraction of sp³-hybridized carbons (Fsp3) is 0.111. The van der Waals surface area contributed by atoms with Gasteiger partial charge in [-0.05, 0) is 59.8 Å². The van der Waals surface area contributed by atoms with Crippen molar-refractivity contribution in [1.29, 1.82) is 0 Å². The lowest BCUT2D eigenvalue weighted by atomic mass is 10.2. The molecule has 0 aliphatic carbocycles. The molecule has 3 aromatic rings. The Morgan fingerprint density at radius 1 is 1.21 bits per heavy atom. The minimum atomic E-state index is -0.441. The van der Waals surface area contributed by atoms with E-state index in [1.54, 1.807) is 12.1 Å². The van der Waals surface area contributed by atoms with Crippen LogP contribution in [0.3, 0.4) is 0 Å². The van der Waals surface area contributed by atoms with Gasteiger partial charge in [-0.3, -0.25) is 4.79 Å². The summed E-state index contributed by atoms with van der Waals surface area (Å²) in [5, 5.41) is 15.1. The lowest BCUT2D eigenvalue weighted by Gasteiger charge is -2.06. The van der Waals surface area contributed by atoms with Gasteiger partial charge in [-0.25, -0.2) is 5.43 Å². The predicted octanol–water partition coefficient (Wildman–Crippen LogP) is 3.64. The summed E-state index contributed by atoms with van der Waals surface area (Å²) in [6.07, 6.45) is 0. The van der Waals surface area contributed by atoms with Crippen molar-refractivity contribution < 1.29 is 9.90 Å². The van der Waals surface area contributed by atoms with Crippen molar-refractivity contribution in [2.45, 2.75) is 6.92 Å². The Balaban J connectivity index is 1.86. The number of amides is 1.